The second kappa shape index (κ2) is 4.01. The van der Waals surface area contributed by atoms with Crippen LogP contribution in [0.4, 0.5) is 0 Å². The number of carboxylic acid groups (broad SMARTS) is 1. The summed E-state index contributed by atoms with van der Waals surface area (Å²) in [7, 11) is 1.57. The average Bonchev–Trinajstić information content (AvgIpc) is 2.71. The molecule has 0 bridgehead atoms. The quantitative estimate of drug-likeness (QED) is 0.878. The third-order valence-electron chi connectivity index (χ3n) is 2.62. The Hall–Kier alpha value is -1.59. The van der Waals surface area contributed by atoms with E-state index in [1.54, 1.807) is 19.2 Å². The smallest absolute Gasteiger partial charge is 0.340 e. The lowest BCUT2D eigenvalue weighted by Gasteiger charge is -2.14. The van der Waals surface area contributed by atoms with Crippen molar-refractivity contribution in [3.63, 3.8) is 0 Å². The summed E-state index contributed by atoms with van der Waals surface area (Å²) in [5, 5.41) is 19.7. The van der Waals surface area contributed by atoms with Gasteiger partial charge in [-0.1, -0.05) is 0 Å². The van der Waals surface area contributed by atoms with Crippen molar-refractivity contribution >= 4 is 27.4 Å². The zero-order chi connectivity index (χ0) is 12.6. The number of thiophene rings is 1. The van der Waals surface area contributed by atoms with Crippen LogP contribution < -0.4 is 4.74 Å². The van der Waals surface area contributed by atoms with E-state index in [9.17, 15) is 9.90 Å². The number of rotatable bonds is 3. The molecule has 1 heterocycles. The van der Waals surface area contributed by atoms with Gasteiger partial charge in [-0.25, -0.2) is 4.79 Å². The van der Waals surface area contributed by atoms with Gasteiger partial charge in [0.05, 0.1) is 7.11 Å². The van der Waals surface area contributed by atoms with Crippen LogP contribution in [0.5, 0.6) is 5.75 Å². The van der Waals surface area contributed by atoms with Crippen LogP contribution in [-0.4, -0.2) is 23.3 Å². The number of methoxy groups -OCH3 is 1. The Kier molecular flexibility index (Phi) is 2.81. The number of carboxylic acids is 1. The van der Waals surface area contributed by atoms with Crippen LogP contribution in [0.3, 0.4) is 0 Å². The van der Waals surface area contributed by atoms with Crippen LogP contribution in [0.25, 0.3) is 10.1 Å². The molecule has 0 aliphatic heterocycles. The summed E-state index contributed by atoms with van der Waals surface area (Å²) >= 11 is 1.27. The van der Waals surface area contributed by atoms with E-state index in [1.807, 2.05) is 12.1 Å². The van der Waals surface area contributed by atoms with Crippen molar-refractivity contribution in [3.05, 3.63) is 29.1 Å². The highest BCUT2D eigenvalue weighted by Gasteiger charge is 2.34. The predicted molar refractivity (Wildman–Crippen MR) is 65.6 cm³/mol. The number of aliphatic carboxylic acids is 1. The van der Waals surface area contributed by atoms with Crippen molar-refractivity contribution in [2.45, 2.75) is 12.5 Å². The Labute approximate surface area is 102 Å². The van der Waals surface area contributed by atoms with Gasteiger partial charge in [0.25, 0.3) is 0 Å². The van der Waals surface area contributed by atoms with Gasteiger partial charge in [0.1, 0.15) is 5.75 Å². The monoisotopic (exact) mass is 252 g/mol. The molecule has 0 radical (unpaired) electrons. The highest BCUT2D eigenvalue weighted by Crippen LogP contribution is 2.35. The lowest BCUT2D eigenvalue weighted by Crippen LogP contribution is -2.30. The van der Waals surface area contributed by atoms with Crippen molar-refractivity contribution in [2.75, 3.05) is 7.11 Å². The van der Waals surface area contributed by atoms with Crippen molar-refractivity contribution in [1.82, 2.24) is 0 Å². The summed E-state index contributed by atoms with van der Waals surface area (Å²) < 4.78 is 6.01. The summed E-state index contributed by atoms with van der Waals surface area (Å²) in [5.74, 6) is -0.548. The molecule has 4 nitrogen and oxygen atoms in total. The maximum Gasteiger partial charge on any atom is 0.340 e. The zero-order valence-corrected chi connectivity index (χ0v) is 10.2. The third-order valence-corrected chi connectivity index (χ3v) is 3.95. The number of hydrogen-bond donors (Lipinski definition) is 2. The topological polar surface area (TPSA) is 66.8 Å². The standard InChI is InChI=1S/C12H12O4S/c1-12(15,11(13)14)10-6-7-5-8(16-2)3-4-9(7)17-10/h3-6,15H,1-2H3,(H,13,14). The number of benzene rings is 1. The van der Waals surface area contributed by atoms with Gasteiger partial charge >= 0.3 is 5.97 Å². The Morgan fingerprint density at radius 2 is 2.12 bits per heavy atom. The highest BCUT2D eigenvalue weighted by atomic mass is 32.1. The summed E-state index contributed by atoms with van der Waals surface area (Å²) in [6.07, 6.45) is 0. The summed E-state index contributed by atoms with van der Waals surface area (Å²) in [6, 6.07) is 7.14. The van der Waals surface area contributed by atoms with Crippen LogP contribution >= 0.6 is 11.3 Å². The SMILES string of the molecule is COc1ccc2sc(C(C)(O)C(=O)O)cc2c1. The fraction of sp³-hybridized carbons (Fsp3) is 0.250. The van der Waals surface area contributed by atoms with Crippen molar-refractivity contribution in [2.24, 2.45) is 0 Å². The molecular weight excluding hydrogens is 240 g/mol. The van der Waals surface area contributed by atoms with Gasteiger partial charge in [0.2, 0.25) is 0 Å². The number of ether oxygens (including phenoxy) is 1. The first-order valence-corrected chi connectivity index (χ1v) is 5.80. The minimum atomic E-state index is -1.85. The van der Waals surface area contributed by atoms with Gasteiger partial charge in [-0.05, 0) is 36.6 Å². The fourth-order valence-electron chi connectivity index (χ4n) is 1.49. The largest absolute Gasteiger partial charge is 0.497 e. The van der Waals surface area contributed by atoms with Crippen molar-refractivity contribution < 1.29 is 19.7 Å². The molecule has 2 rings (SSSR count). The minimum absolute atomic E-state index is 0.410. The second-order valence-corrected chi connectivity index (χ2v) is 4.98. The van der Waals surface area contributed by atoms with Crippen molar-refractivity contribution in [3.8, 4) is 5.75 Å². The molecule has 1 aromatic carbocycles. The van der Waals surface area contributed by atoms with E-state index in [4.69, 9.17) is 9.84 Å². The van der Waals surface area contributed by atoms with Gasteiger partial charge in [0.15, 0.2) is 5.60 Å². The third kappa shape index (κ3) is 1.99. The highest BCUT2D eigenvalue weighted by molar-refractivity contribution is 7.19. The molecule has 0 aliphatic rings. The Balaban J connectivity index is 2.55. The summed E-state index contributed by atoms with van der Waals surface area (Å²) in [6.45, 7) is 1.28. The molecule has 0 aliphatic carbocycles. The van der Waals surface area contributed by atoms with Crippen LogP contribution in [0.2, 0.25) is 0 Å². The number of aliphatic hydroxyl groups is 1. The molecule has 1 unspecified atom stereocenters. The molecule has 0 saturated carbocycles. The maximum atomic E-state index is 11.0. The Morgan fingerprint density at radius 1 is 1.41 bits per heavy atom. The van der Waals surface area contributed by atoms with E-state index in [2.05, 4.69) is 0 Å². The molecule has 2 aromatic rings. The summed E-state index contributed by atoms with van der Waals surface area (Å²) in [4.78, 5) is 11.4. The molecule has 0 amide bonds. The number of carbonyl (C=O) groups is 1. The Morgan fingerprint density at radius 3 is 2.71 bits per heavy atom. The molecule has 0 saturated heterocycles. The van der Waals surface area contributed by atoms with Crippen LogP contribution in [0, 0.1) is 0 Å². The van der Waals surface area contributed by atoms with Crippen LogP contribution in [0.15, 0.2) is 24.3 Å². The number of hydrogen-bond acceptors (Lipinski definition) is 4. The van der Waals surface area contributed by atoms with Gasteiger partial charge < -0.3 is 14.9 Å². The first-order chi connectivity index (χ1) is 7.95. The molecule has 17 heavy (non-hydrogen) atoms. The van der Waals surface area contributed by atoms with E-state index in [-0.39, 0.29) is 0 Å². The van der Waals surface area contributed by atoms with Crippen LogP contribution in [0.1, 0.15) is 11.8 Å². The molecule has 90 valence electrons. The lowest BCUT2D eigenvalue weighted by atomic mass is 10.1. The molecule has 5 heteroatoms. The van der Waals surface area contributed by atoms with Crippen LogP contribution in [-0.2, 0) is 10.4 Å². The lowest BCUT2D eigenvalue weighted by molar-refractivity contribution is -0.157. The molecule has 1 atom stereocenters. The van der Waals surface area contributed by atoms with Gasteiger partial charge in [-0.3, -0.25) is 0 Å². The summed E-state index contributed by atoms with van der Waals surface area (Å²) in [5.41, 5.74) is -1.85. The molecule has 0 fully saturated rings. The zero-order valence-electron chi connectivity index (χ0n) is 9.43. The molecule has 0 spiro atoms. The van der Waals surface area contributed by atoms with Crippen molar-refractivity contribution in [1.29, 1.82) is 0 Å². The molecule has 1 aromatic heterocycles. The first kappa shape index (κ1) is 11.9. The Bertz CT molecular complexity index is 571. The maximum absolute atomic E-state index is 11.0. The van der Waals surface area contributed by atoms with E-state index in [0.717, 1.165) is 10.1 Å². The van der Waals surface area contributed by atoms with Gasteiger partial charge in [-0.15, -0.1) is 11.3 Å². The average molecular weight is 252 g/mol. The second-order valence-electron chi connectivity index (χ2n) is 3.89. The van der Waals surface area contributed by atoms with Gasteiger partial charge in [0, 0.05) is 9.58 Å². The van der Waals surface area contributed by atoms with Gasteiger partial charge in [-0.2, -0.15) is 0 Å². The fourth-order valence-corrected chi connectivity index (χ4v) is 2.57. The number of fused-ring (bicyclic) bond motifs is 1. The van der Waals surface area contributed by atoms with E-state index in [1.165, 1.54) is 18.3 Å². The molecule has 2 N–H and O–H groups in total. The first-order valence-electron chi connectivity index (χ1n) is 4.99. The van der Waals surface area contributed by atoms with E-state index >= 15 is 0 Å². The van der Waals surface area contributed by atoms with E-state index in [0.29, 0.717) is 10.6 Å². The predicted octanol–water partition coefficient (Wildman–Crippen LogP) is 2.20. The molecular formula is C12H12O4S. The minimum Gasteiger partial charge on any atom is -0.497 e. The normalized spacial score (nSPS) is 14.5. The van der Waals surface area contributed by atoms with E-state index < -0.39 is 11.6 Å².